The van der Waals surface area contributed by atoms with E-state index in [-0.39, 0.29) is 24.1 Å². The van der Waals surface area contributed by atoms with Gasteiger partial charge in [-0.05, 0) is 32.1 Å². The van der Waals surface area contributed by atoms with Gasteiger partial charge in [0.05, 0.1) is 11.5 Å². The van der Waals surface area contributed by atoms with Crippen molar-refractivity contribution >= 4 is 12.0 Å². The van der Waals surface area contributed by atoms with Crippen molar-refractivity contribution in [3.8, 4) is 0 Å². The summed E-state index contributed by atoms with van der Waals surface area (Å²) in [6.45, 7) is 7.30. The maximum absolute atomic E-state index is 12.3. The molecule has 0 aromatic heterocycles. The molecule has 0 aliphatic carbocycles. The van der Waals surface area contributed by atoms with Crippen molar-refractivity contribution in [3.05, 3.63) is 0 Å². The van der Waals surface area contributed by atoms with Gasteiger partial charge in [-0.15, -0.1) is 0 Å². The Morgan fingerprint density at radius 2 is 2.14 bits per heavy atom. The van der Waals surface area contributed by atoms with Crippen LogP contribution in [0.2, 0.25) is 0 Å². The molecule has 6 nitrogen and oxygen atoms in total. The van der Waals surface area contributed by atoms with Crippen LogP contribution in [0.15, 0.2) is 0 Å². The molecule has 2 N–H and O–H groups in total. The van der Waals surface area contributed by atoms with Crippen LogP contribution in [-0.2, 0) is 9.53 Å². The molecule has 0 aromatic carbocycles. The van der Waals surface area contributed by atoms with Crippen LogP contribution in [0.25, 0.3) is 0 Å². The van der Waals surface area contributed by atoms with E-state index in [1.165, 1.54) is 0 Å². The zero-order valence-electron chi connectivity index (χ0n) is 13.1. The number of amides is 2. The molecule has 0 bridgehead atoms. The molecule has 2 heterocycles. The number of carboxylic acids is 1. The lowest BCUT2D eigenvalue weighted by molar-refractivity contribution is -0.150. The Kier molecular flexibility index (Phi) is 4.76. The highest BCUT2D eigenvalue weighted by atomic mass is 16.5. The summed E-state index contributed by atoms with van der Waals surface area (Å²) in [5.74, 6) is -0.789. The van der Waals surface area contributed by atoms with Gasteiger partial charge < -0.3 is 20.1 Å². The summed E-state index contributed by atoms with van der Waals surface area (Å²) in [4.78, 5) is 25.6. The summed E-state index contributed by atoms with van der Waals surface area (Å²) in [5, 5.41) is 12.5. The van der Waals surface area contributed by atoms with Crippen LogP contribution in [0.5, 0.6) is 0 Å². The average molecular weight is 298 g/mol. The predicted octanol–water partition coefficient (Wildman–Crippen LogP) is 1.70. The fraction of sp³-hybridized carbons (Fsp3) is 0.867. The normalized spacial score (nSPS) is 33.2. The van der Waals surface area contributed by atoms with Gasteiger partial charge in [-0.3, -0.25) is 4.79 Å². The first kappa shape index (κ1) is 16.1. The summed E-state index contributed by atoms with van der Waals surface area (Å²) in [6, 6.07) is -0.0157. The monoisotopic (exact) mass is 298 g/mol. The zero-order valence-corrected chi connectivity index (χ0v) is 13.1. The zero-order chi connectivity index (χ0) is 15.6. The lowest BCUT2D eigenvalue weighted by Gasteiger charge is -2.31. The van der Waals surface area contributed by atoms with Crippen LogP contribution < -0.4 is 5.32 Å². The molecule has 2 saturated heterocycles. The topological polar surface area (TPSA) is 78.9 Å². The van der Waals surface area contributed by atoms with Gasteiger partial charge >= 0.3 is 12.0 Å². The van der Waals surface area contributed by atoms with Gasteiger partial charge in [0.2, 0.25) is 0 Å². The molecule has 21 heavy (non-hydrogen) atoms. The number of hydrogen-bond acceptors (Lipinski definition) is 3. The second-order valence-corrected chi connectivity index (χ2v) is 6.64. The second-order valence-electron chi connectivity index (χ2n) is 6.64. The van der Waals surface area contributed by atoms with Gasteiger partial charge in [0.15, 0.2) is 0 Å². The molecule has 2 fully saturated rings. The van der Waals surface area contributed by atoms with Crippen molar-refractivity contribution < 1.29 is 19.4 Å². The van der Waals surface area contributed by atoms with Crippen LogP contribution in [0, 0.1) is 11.3 Å². The van der Waals surface area contributed by atoms with Crippen molar-refractivity contribution in [1.82, 2.24) is 10.2 Å². The molecule has 0 radical (unpaired) electrons. The van der Waals surface area contributed by atoms with E-state index in [9.17, 15) is 14.7 Å². The molecule has 0 saturated carbocycles. The van der Waals surface area contributed by atoms with Gasteiger partial charge in [-0.2, -0.15) is 0 Å². The summed E-state index contributed by atoms with van der Waals surface area (Å²) in [6.07, 6.45) is 2.32. The highest BCUT2D eigenvalue weighted by molar-refractivity contribution is 5.80. The third kappa shape index (κ3) is 3.31. The average Bonchev–Trinajstić information content (AvgIpc) is 2.85. The fourth-order valence-electron chi connectivity index (χ4n) is 3.29. The Labute approximate surface area is 125 Å². The molecule has 0 spiro atoms. The Morgan fingerprint density at radius 1 is 1.43 bits per heavy atom. The predicted molar refractivity (Wildman–Crippen MR) is 78.1 cm³/mol. The van der Waals surface area contributed by atoms with Crippen LogP contribution in [0.4, 0.5) is 4.79 Å². The maximum atomic E-state index is 12.3. The maximum Gasteiger partial charge on any atom is 0.317 e. The van der Waals surface area contributed by atoms with Gasteiger partial charge in [0.25, 0.3) is 0 Å². The molecule has 6 heteroatoms. The summed E-state index contributed by atoms with van der Waals surface area (Å²) < 4.78 is 5.47. The van der Waals surface area contributed by atoms with Crippen molar-refractivity contribution in [2.24, 2.45) is 11.3 Å². The number of nitrogens with one attached hydrogen (secondary N) is 1. The number of nitrogens with zero attached hydrogens (tertiary/aromatic N) is 1. The number of carboxylic acid groups (broad SMARTS) is 1. The number of ether oxygens (including phenoxy) is 1. The second kappa shape index (κ2) is 6.22. The number of carbonyl (C=O) groups is 2. The lowest BCUT2D eigenvalue weighted by Crippen LogP contribution is -2.48. The number of likely N-dealkylation sites (tertiary alicyclic amines) is 1. The quantitative estimate of drug-likeness (QED) is 0.831. The molecule has 3 atom stereocenters. The van der Waals surface area contributed by atoms with E-state index < -0.39 is 11.4 Å². The Hall–Kier alpha value is -1.30. The SMILES string of the molecule is CC1CC(NC(=O)N2CCC(C(=O)O)(C(C)C)C2)CCO1. The van der Waals surface area contributed by atoms with Crippen molar-refractivity contribution in [2.45, 2.75) is 52.2 Å². The number of hydrogen-bond donors (Lipinski definition) is 2. The third-order valence-electron chi connectivity index (χ3n) is 4.93. The number of rotatable bonds is 3. The van der Waals surface area contributed by atoms with E-state index in [4.69, 9.17) is 4.74 Å². The molecular weight excluding hydrogens is 272 g/mol. The smallest absolute Gasteiger partial charge is 0.317 e. The number of urea groups is 1. The van der Waals surface area contributed by atoms with Crippen LogP contribution in [0.1, 0.15) is 40.0 Å². The highest BCUT2D eigenvalue weighted by Gasteiger charge is 2.48. The van der Waals surface area contributed by atoms with Gasteiger partial charge in [-0.25, -0.2) is 4.79 Å². The molecule has 2 rings (SSSR count). The van der Waals surface area contributed by atoms with E-state index >= 15 is 0 Å². The van der Waals surface area contributed by atoms with Gasteiger partial charge in [-0.1, -0.05) is 13.8 Å². The van der Waals surface area contributed by atoms with E-state index in [1.54, 1.807) is 4.90 Å². The minimum Gasteiger partial charge on any atom is -0.481 e. The molecule has 0 aromatic rings. The molecule has 3 unspecified atom stereocenters. The minimum atomic E-state index is -0.805. The van der Waals surface area contributed by atoms with Crippen LogP contribution >= 0.6 is 0 Å². The van der Waals surface area contributed by atoms with E-state index in [2.05, 4.69) is 5.32 Å². The Morgan fingerprint density at radius 3 is 2.67 bits per heavy atom. The Bertz CT molecular complexity index is 412. The molecule has 2 aliphatic heterocycles. The third-order valence-corrected chi connectivity index (χ3v) is 4.93. The number of carbonyl (C=O) groups excluding carboxylic acids is 1. The molecule has 2 amide bonds. The molecule has 2 aliphatic rings. The molecular formula is C15H26N2O4. The van der Waals surface area contributed by atoms with Gasteiger partial charge in [0, 0.05) is 25.7 Å². The van der Waals surface area contributed by atoms with Crippen molar-refractivity contribution in [1.29, 1.82) is 0 Å². The molecule has 120 valence electrons. The highest BCUT2D eigenvalue weighted by Crippen LogP contribution is 2.38. The van der Waals surface area contributed by atoms with Gasteiger partial charge in [0.1, 0.15) is 0 Å². The summed E-state index contributed by atoms with van der Waals surface area (Å²) in [5.41, 5.74) is -0.805. The summed E-state index contributed by atoms with van der Waals surface area (Å²) in [7, 11) is 0. The Balaban J connectivity index is 1.94. The largest absolute Gasteiger partial charge is 0.481 e. The lowest BCUT2D eigenvalue weighted by atomic mass is 9.76. The van der Waals surface area contributed by atoms with Crippen molar-refractivity contribution in [2.75, 3.05) is 19.7 Å². The van der Waals surface area contributed by atoms with E-state index in [0.717, 1.165) is 12.8 Å². The van der Waals surface area contributed by atoms with E-state index in [1.807, 2.05) is 20.8 Å². The summed E-state index contributed by atoms with van der Waals surface area (Å²) >= 11 is 0. The number of aliphatic carboxylic acids is 1. The fourth-order valence-corrected chi connectivity index (χ4v) is 3.29. The first-order chi connectivity index (χ1) is 9.85. The standard InChI is InChI=1S/C15H26N2O4/c1-10(2)15(13(18)19)5-6-17(9-15)14(20)16-12-4-7-21-11(3)8-12/h10-12H,4-9H2,1-3H3,(H,16,20)(H,18,19). The van der Waals surface area contributed by atoms with E-state index in [0.29, 0.717) is 26.1 Å². The van der Waals surface area contributed by atoms with Crippen molar-refractivity contribution in [3.63, 3.8) is 0 Å². The van der Waals surface area contributed by atoms with Crippen LogP contribution in [0.3, 0.4) is 0 Å². The first-order valence-electron chi connectivity index (χ1n) is 7.75. The first-order valence-corrected chi connectivity index (χ1v) is 7.75. The van der Waals surface area contributed by atoms with Crippen LogP contribution in [-0.4, -0.2) is 53.8 Å². The minimum absolute atomic E-state index is 0.0101.